The predicted octanol–water partition coefficient (Wildman–Crippen LogP) is 1.91. The smallest absolute Gasteiger partial charge is 0.431 e. The van der Waals surface area contributed by atoms with Crippen LogP contribution in [0.25, 0.3) is 0 Å². The lowest BCUT2D eigenvalue weighted by Crippen LogP contribution is -2.27. The standard InChI is InChI=1S/C13H9F3N6O2/c14-13(15,16)9-6-24-12(18-9)19-11(23)10(22-7-17-20-21-22)8-4-2-1-3-5-8/h1-7,10H,(H,18,19,23). The number of rotatable bonds is 4. The van der Waals surface area contributed by atoms with Gasteiger partial charge in [-0.05, 0) is 16.0 Å². The van der Waals surface area contributed by atoms with Crippen LogP contribution >= 0.6 is 0 Å². The van der Waals surface area contributed by atoms with Gasteiger partial charge in [-0.3, -0.25) is 10.1 Å². The number of amides is 1. The minimum Gasteiger partial charge on any atom is -0.431 e. The molecule has 1 atom stereocenters. The molecule has 0 saturated carbocycles. The van der Waals surface area contributed by atoms with Crippen molar-refractivity contribution in [2.45, 2.75) is 12.2 Å². The second-order valence-corrected chi connectivity index (χ2v) is 4.63. The van der Waals surface area contributed by atoms with Crippen LogP contribution in [0.2, 0.25) is 0 Å². The van der Waals surface area contributed by atoms with Crippen molar-refractivity contribution < 1.29 is 22.4 Å². The molecule has 3 aromatic rings. The highest BCUT2D eigenvalue weighted by Gasteiger charge is 2.35. The predicted molar refractivity (Wildman–Crippen MR) is 72.5 cm³/mol. The zero-order chi connectivity index (χ0) is 17.2. The van der Waals surface area contributed by atoms with Crippen LogP contribution in [0.1, 0.15) is 17.3 Å². The molecule has 3 rings (SSSR count). The van der Waals surface area contributed by atoms with Crippen LogP contribution in [0.15, 0.2) is 47.3 Å². The summed E-state index contributed by atoms with van der Waals surface area (Å²) in [5, 5.41) is 12.8. The maximum absolute atomic E-state index is 12.5. The molecule has 11 heteroatoms. The van der Waals surface area contributed by atoms with E-state index in [4.69, 9.17) is 0 Å². The number of benzene rings is 1. The topological polar surface area (TPSA) is 98.7 Å². The highest BCUT2D eigenvalue weighted by molar-refractivity contribution is 5.94. The summed E-state index contributed by atoms with van der Waals surface area (Å²) in [5.74, 6) is -0.705. The average molecular weight is 338 g/mol. The van der Waals surface area contributed by atoms with Gasteiger partial charge in [0.05, 0.1) is 0 Å². The molecule has 8 nitrogen and oxygen atoms in total. The number of oxazole rings is 1. The van der Waals surface area contributed by atoms with Crippen molar-refractivity contribution in [2.24, 2.45) is 0 Å². The van der Waals surface area contributed by atoms with Gasteiger partial charge in [-0.1, -0.05) is 30.3 Å². The van der Waals surface area contributed by atoms with Crippen molar-refractivity contribution in [3.05, 3.63) is 54.2 Å². The van der Waals surface area contributed by atoms with Gasteiger partial charge in [0.25, 0.3) is 5.91 Å². The summed E-state index contributed by atoms with van der Waals surface area (Å²) < 4.78 is 43.4. The van der Waals surface area contributed by atoms with Crippen molar-refractivity contribution in [3.8, 4) is 0 Å². The molecule has 24 heavy (non-hydrogen) atoms. The van der Waals surface area contributed by atoms with Crippen LogP contribution < -0.4 is 5.32 Å². The number of carbonyl (C=O) groups excluding carboxylic acids is 1. The van der Waals surface area contributed by atoms with Gasteiger partial charge < -0.3 is 4.42 Å². The molecule has 0 aliphatic carbocycles. The van der Waals surface area contributed by atoms with E-state index >= 15 is 0 Å². The highest BCUT2D eigenvalue weighted by atomic mass is 19.4. The lowest BCUT2D eigenvalue weighted by Gasteiger charge is -2.15. The maximum Gasteiger partial charge on any atom is 0.436 e. The van der Waals surface area contributed by atoms with Crippen LogP contribution in [0.5, 0.6) is 0 Å². The fourth-order valence-electron chi connectivity index (χ4n) is 1.98. The zero-order valence-electron chi connectivity index (χ0n) is 11.8. The van der Waals surface area contributed by atoms with Crippen molar-refractivity contribution in [3.63, 3.8) is 0 Å². The molecule has 1 unspecified atom stereocenters. The molecule has 2 aromatic heterocycles. The number of carbonyl (C=O) groups is 1. The monoisotopic (exact) mass is 338 g/mol. The van der Waals surface area contributed by atoms with Crippen molar-refractivity contribution in [1.29, 1.82) is 0 Å². The number of hydrogen-bond donors (Lipinski definition) is 1. The summed E-state index contributed by atoms with van der Waals surface area (Å²) in [6.45, 7) is 0. The zero-order valence-corrected chi connectivity index (χ0v) is 11.8. The van der Waals surface area contributed by atoms with E-state index in [2.05, 4.69) is 30.2 Å². The van der Waals surface area contributed by atoms with Gasteiger partial charge in [-0.2, -0.15) is 18.2 Å². The number of halogens is 3. The summed E-state index contributed by atoms with van der Waals surface area (Å²) in [6.07, 6.45) is -3.03. The Morgan fingerprint density at radius 3 is 2.58 bits per heavy atom. The summed E-state index contributed by atoms with van der Waals surface area (Å²) in [5.41, 5.74) is -0.707. The molecule has 1 amide bonds. The third-order valence-corrected chi connectivity index (χ3v) is 3.02. The Labute approximate surface area is 132 Å². The molecule has 0 saturated heterocycles. The van der Waals surface area contributed by atoms with Gasteiger partial charge >= 0.3 is 12.2 Å². The van der Waals surface area contributed by atoms with E-state index in [1.54, 1.807) is 30.3 Å². The van der Waals surface area contributed by atoms with Gasteiger partial charge in [0.1, 0.15) is 12.6 Å². The molecular weight excluding hydrogens is 329 g/mol. The van der Waals surface area contributed by atoms with E-state index in [0.29, 0.717) is 11.8 Å². The summed E-state index contributed by atoms with van der Waals surface area (Å²) in [7, 11) is 0. The number of tetrazole rings is 1. The van der Waals surface area contributed by atoms with E-state index in [1.807, 2.05) is 0 Å². The largest absolute Gasteiger partial charge is 0.436 e. The molecule has 1 aromatic carbocycles. The minimum absolute atomic E-state index is 0.421. The summed E-state index contributed by atoms with van der Waals surface area (Å²) in [4.78, 5) is 15.7. The molecular formula is C13H9F3N6O2. The minimum atomic E-state index is -4.67. The lowest BCUT2D eigenvalue weighted by molar-refractivity contribution is -0.141. The van der Waals surface area contributed by atoms with E-state index in [-0.39, 0.29) is 0 Å². The first-order valence-corrected chi connectivity index (χ1v) is 6.56. The number of nitrogens with zero attached hydrogens (tertiary/aromatic N) is 5. The first-order valence-electron chi connectivity index (χ1n) is 6.56. The van der Waals surface area contributed by atoms with Crippen LogP contribution in [-0.2, 0) is 11.0 Å². The second kappa shape index (κ2) is 6.10. The van der Waals surface area contributed by atoms with E-state index < -0.39 is 29.8 Å². The molecule has 0 fully saturated rings. The van der Waals surface area contributed by atoms with E-state index in [9.17, 15) is 18.0 Å². The first-order chi connectivity index (χ1) is 11.4. The third kappa shape index (κ3) is 3.24. The molecule has 0 spiro atoms. The summed E-state index contributed by atoms with van der Waals surface area (Å²) >= 11 is 0. The lowest BCUT2D eigenvalue weighted by atomic mass is 10.1. The molecule has 0 radical (unpaired) electrons. The van der Waals surface area contributed by atoms with Gasteiger partial charge in [0.15, 0.2) is 11.7 Å². The Kier molecular flexibility index (Phi) is 3.98. The van der Waals surface area contributed by atoms with Crippen molar-refractivity contribution in [1.82, 2.24) is 25.2 Å². The Bertz CT molecular complexity index is 816. The van der Waals surface area contributed by atoms with Crippen molar-refractivity contribution in [2.75, 3.05) is 5.32 Å². The molecule has 2 heterocycles. The molecule has 1 N–H and O–H groups in total. The Morgan fingerprint density at radius 1 is 1.25 bits per heavy atom. The molecule has 0 bridgehead atoms. The molecule has 124 valence electrons. The van der Waals surface area contributed by atoms with Crippen LogP contribution in [-0.4, -0.2) is 31.1 Å². The number of aromatic nitrogens is 5. The van der Waals surface area contributed by atoms with Gasteiger partial charge in [-0.25, -0.2) is 4.68 Å². The quantitative estimate of drug-likeness (QED) is 0.780. The SMILES string of the molecule is O=C(Nc1nc(C(F)(F)F)co1)C(c1ccccc1)n1cnnn1. The van der Waals surface area contributed by atoms with Crippen LogP contribution in [0, 0.1) is 0 Å². The molecule has 0 aliphatic heterocycles. The average Bonchev–Trinajstić information content (AvgIpc) is 3.20. The van der Waals surface area contributed by atoms with Crippen molar-refractivity contribution >= 4 is 11.9 Å². The fourth-order valence-corrected chi connectivity index (χ4v) is 1.98. The van der Waals surface area contributed by atoms with Gasteiger partial charge in [0.2, 0.25) is 0 Å². The van der Waals surface area contributed by atoms with Crippen LogP contribution in [0.3, 0.4) is 0 Å². The fraction of sp³-hybridized carbons (Fsp3) is 0.154. The highest BCUT2D eigenvalue weighted by Crippen LogP contribution is 2.29. The maximum atomic E-state index is 12.5. The number of hydrogen-bond acceptors (Lipinski definition) is 6. The third-order valence-electron chi connectivity index (χ3n) is 3.02. The first kappa shape index (κ1) is 15.6. The number of alkyl halides is 3. The normalized spacial score (nSPS) is 12.8. The van der Waals surface area contributed by atoms with Gasteiger partial charge in [-0.15, -0.1) is 5.10 Å². The number of anilines is 1. The van der Waals surface area contributed by atoms with Gasteiger partial charge in [0, 0.05) is 0 Å². The Balaban J connectivity index is 1.86. The van der Waals surface area contributed by atoms with E-state index in [1.165, 1.54) is 6.33 Å². The number of nitrogens with one attached hydrogen (secondary N) is 1. The second-order valence-electron chi connectivity index (χ2n) is 4.63. The summed E-state index contributed by atoms with van der Waals surface area (Å²) in [6, 6.07) is 6.90. The Morgan fingerprint density at radius 2 is 2.00 bits per heavy atom. The molecule has 0 aliphatic rings. The Hall–Kier alpha value is -3.24. The van der Waals surface area contributed by atoms with Crippen LogP contribution in [0.4, 0.5) is 19.2 Å². The van der Waals surface area contributed by atoms with E-state index in [0.717, 1.165) is 4.68 Å².